The van der Waals surface area contributed by atoms with Gasteiger partial charge in [0, 0.05) is 19.1 Å². The highest BCUT2D eigenvalue weighted by atomic mass is 32.1. The summed E-state index contributed by atoms with van der Waals surface area (Å²) in [4.78, 5) is -1.13. The lowest BCUT2D eigenvalue weighted by Gasteiger charge is -2.34. The quantitative estimate of drug-likeness (QED) is 0.100. The molecule has 0 fully saturated rings. The third kappa shape index (κ3) is 11.3. The smallest absolute Gasteiger partial charge is 0.133 e. The first-order valence-electron chi connectivity index (χ1n) is 18.5. The van der Waals surface area contributed by atoms with Crippen molar-refractivity contribution in [3.63, 3.8) is 0 Å². The van der Waals surface area contributed by atoms with Gasteiger partial charge in [0.2, 0.25) is 0 Å². The van der Waals surface area contributed by atoms with Crippen LogP contribution in [0, 0.1) is 17.5 Å². The number of nitrogens with one attached hydrogen (secondary N) is 3. The van der Waals surface area contributed by atoms with Crippen molar-refractivity contribution in [2.45, 2.75) is 115 Å². The zero-order valence-corrected chi connectivity index (χ0v) is 32.3. The molecule has 3 aliphatic carbocycles. The fourth-order valence-electron chi connectivity index (χ4n) is 7.17. The number of halogens is 4. The molecule has 4 nitrogen and oxygen atoms in total. The van der Waals surface area contributed by atoms with E-state index >= 15 is 0 Å². The molecule has 3 aromatic carbocycles. The third-order valence-electron chi connectivity index (χ3n) is 9.58. The van der Waals surface area contributed by atoms with Crippen LogP contribution in [0.1, 0.15) is 136 Å². The molecule has 280 valence electrons. The van der Waals surface area contributed by atoms with E-state index in [0.29, 0.717) is 29.9 Å². The fourth-order valence-corrected chi connectivity index (χ4v) is 7.50. The van der Waals surface area contributed by atoms with Gasteiger partial charge in [-0.1, -0.05) is 58.9 Å². The summed E-state index contributed by atoms with van der Waals surface area (Å²) in [6.07, 6.45) is 5.86. The highest BCUT2D eigenvalue weighted by Crippen LogP contribution is 2.43. The Morgan fingerprint density at radius 2 is 1.40 bits per heavy atom. The Balaban J connectivity index is 0.000000248. The Kier molecular flexibility index (Phi) is 19.1. The molecule has 0 heterocycles. The predicted octanol–water partition coefficient (Wildman–Crippen LogP) is 9.97. The Bertz CT molecular complexity index is 1450. The molecule has 0 radical (unpaired) electrons. The lowest BCUT2D eigenvalue weighted by atomic mass is 9.81. The Morgan fingerprint density at radius 1 is 0.780 bits per heavy atom. The molecule has 0 saturated heterocycles. The molecule has 3 aromatic rings. The Morgan fingerprint density at radius 3 is 2.02 bits per heavy atom. The van der Waals surface area contributed by atoms with Crippen molar-refractivity contribution in [3.05, 3.63) is 105 Å². The van der Waals surface area contributed by atoms with E-state index in [1.165, 1.54) is 36.2 Å². The average Bonchev–Trinajstić information content (AvgIpc) is 3.12. The number of rotatable bonds is 6. The number of alkyl halides is 1. The number of likely N-dealkylation sites (N-methyl/N-ethyl adjacent to an activating group) is 2. The molecule has 4 N–H and O–H groups in total. The van der Waals surface area contributed by atoms with Crippen molar-refractivity contribution >= 4 is 12.6 Å². The number of hydrogen-bond donors (Lipinski definition) is 5. The van der Waals surface area contributed by atoms with Crippen LogP contribution in [0.3, 0.4) is 0 Å². The van der Waals surface area contributed by atoms with E-state index < -0.39 is 11.1 Å². The summed E-state index contributed by atoms with van der Waals surface area (Å²) in [7, 11) is 5.64. The fraction of sp³-hybridized carbons (Fsp3) is 0.561. The molecule has 0 saturated carbocycles. The molecule has 9 heteroatoms. The molecule has 0 spiro atoms. The van der Waals surface area contributed by atoms with Crippen molar-refractivity contribution in [3.8, 4) is 0 Å². The van der Waals surface area contributed by atoms with E-state index in [1.807, 2.05) is 61.8 Å². The van der Waals surface area contributed by atoms with Crippen LogP contribution in [-0.4, -0.2) is 39.3 Å². The van der Waals surface area contributed by atoms with Gasteiger partial charge in [0.05, 0.1) is 0 Å². The minimum absolute atomic E-state index is 0.0555. The highest BCUT2D eigenvalue weighted by molar-refractivity contribution is 7.81. The van der Waals surface area contributed by atoms with Gasteiger partial charge in [-0.25, -0.2) is 17.6 Å². The minimum Gasteiger partial charge on any atom is -0.376 e. The van der Waals surface area contributed by atoms with Gasteiger partial charge >= 0.3 is 0 Å². The highest BCUT2D eigenvalue weighted by Gasteiger charge is 2.35. The summed E-state index contributed by atoms with van der Waals surface area (Å²) in [6, 6.07) is 13.0. The molecule has 3 aliphatic rings. The second-order valence-corrected chi connectivity index (χ2v) is 13.4. The molecule has 5 unspecified atom stereocenters. The minimum atomic E-state index is -1.13. The largest absolute Gasteiger partial charge is 0.376 e. The van der Waals surface area contributed by atoms with Crippen molar-refractivity contribution in [1.82, 2.24) is 16.0 Å². The van der Waals surface area contributed by atoms with Gasteiger partial charge in [-0.15, -0.1) is 12.6 Å². The van der Waals surface area contributed by atoms with E-state index in [4.69, 9.17) is 0 Å². The Hall–Kier alpha value is -2.43. The number of aryl methyl sites for hydroxylation is 2. The maximum Gasteiger partial charge on any atom is 0.133 e. The van der Waals surface area contributed by atoms with Crippen LogP contribution in [0.5, 0.6) is 0 Å². The summed E-state index contributed by atoms with van der Waals surface area (Å²) in [5.41, 5.74) is 6.09. The molecule has 0 aromatic heterocycles. The Labute approximate surface area is 304 Å². The number of hydrogen-bond acceptors (Lipinski definition) is 5. The summed E-state index contributed by atoms with van der Waals surface area (Å²) in [5, 5.41) is 19.4. The number of fused-ring (bicyclic) bond motifs is 3. The molecule has 50 heavy (non-hydrogen) atoms. The van der Waals surface area contributed by atoms with E-state index in [0.717, 1.165) is 67.4 Å². The summed E-state index contributed by atoms with van der Waals surface area (Å²) in [6.45, 7) is 11.7. The predicted molar refractivity (Wildman–Crippen MR) is 205 cm³/mol. The summed E-state index contributed by atoms with van der Waals surface area (Å²) in [5.74, 6) is 0.108. The molecular formula is C41H61F4N3OS. The van der Waals surface area contributed by atoms with Gasteiger partial charge in [-0.3, -0.25) is 0 Å². The molecule has 0 amide bonds. The van der Waals surface area contributed by atoms with Crippen LogP contribution in [0.15, 0.2) is 48.5 Å². The van der Waals surface area contributed by atoms with Crippen molar-refractivity contribution in [2.24, 2.45) is 0 Å². The first kappa shape index (κ1) is 43.7. The van der Waals surface area contributed by atoms with Gasteiger partial charge < -0.3 is 21.1 Å². The van der Waals surface area contributed by atoms with Crippen molar-refractivity contribution < 1.29 is 22.7 Å². The van der Waals surface area contributed by atoms with Crippen LogP contribution in [0.2, 0.25) is 0 Å². The van der Waals surface area contributed by atoms with Crippen molar-refractivity contribution in [2.75, 3.05) is 34.2 Å². The van der Waals surface area contributed by atoms with E-state index in [1.54, 1.807) is 12.1 Å². The molecule has 0 aliphatic heterocycles. The second kappa shape index (κ2) is 21.8. The van der Waals surface area contributed by atoms with Crippen LogP contribution in [0.25, 0.3) is 0 Å². The molecular weight excluding hydrogens is 659 g/mol. The lowest BCUT2D eigenvalue weighted by molar-refractivity contribution is 0.111. The normalized spacial score (nSPS) is 23.0. The topological polar surface area (TPSA) is 56.3 Å². The first-order chi connectivity index (χ1) is 24.0. The van der Waals surface area contributed by atoms with E-state index in [-0.39, 0.29) is 29.4 Å². The molecule has 0 bridgehead atoms. The van der Waals surface area contributed by atoms with Crippen LogP contribution in [0.4, 0.5) is 17.6 Å². The van der Waals surface area contributed by atoms with Crippen LogP contribution < -0.4 is 16.0 Å². The van der Waals surface area contributed by atoms with Gasteiger partial charge in [0.25, 0.3) is 0 Å². The number of thiol groups is 1. The van der Waals surface area contributed by atoms with Crippen molar-refractivity contribution in [1.29, 1.82) is 0 Å². The molecule has 5 atom stereocenters. The summed E-state index contributed by atoms with van der Waals surface area (Å²) < 4.78 is 54.1. The first-order valence-corrected chi connectivity index (χ1v) is 18.9. The zero-order chi connectivity index (χ0) is 37.4. The third-order valence-corrected chi connectivity index (χ3v) is 10.0. The average molecular weight is 720 g/mol. The van der Waals surface area contributed by atoms with Gasteiger partial charge in [-0.05, 0) is 148 Å². The van der Waals surface area contributed by atoms with Crippen LogP contribution >= 0.6 is 12.6 Å². The SMILES string of the molecule is CC.CC.CCc1ccc2c(c1F)C(CNC)CCC2.CNC1CCC(O)(S)c2ccc(F)cc21.CNCC1CCC(F)c2ccc(F)cc21. The monoisotopic (exact) mass is 719 g/mol. The van der Waals surface area contributed by atoms with E-state index in [2.05, 4.69) is 34.6 Å². The number of aliphatic hydroxyl groups is 1. The molecule has 6 rings (SSSR count). The lowest BCUT2D eigenvalue weighted by Crippen LogP contribution is -2.31. The maximum absolute atomic E-state index is 14.3. The van der Waals surface area contributed by atoms with Gasteiger partial charge in [0.15, 0.2) is 0 Å². The van der Waals surface area contributed by atoms with Gasteiger partial charge in [-0.2, -0.15) is 0 Å². The van der Waals surface area contributed by atoms with Crippen LogP contribution in [-0.2, 0) is 17.8 Å². The maximum atomic E-state index is 14.3. The standard InChI is InChI=1S/C14H20FN.C12H15F2N.C11H14FNOS.2C2H6/c1-3-10-7-8-11-5-4-6-12(9-16-2)13(11)14(10)15;1-15-7-8-2-5-12(14)10-4-3-9(13)6-11(8)10;1-13-10-4-5-11(14,15)9-3-2-7(12)6-8(9)10;2*1-2/h7-8,12,16H,3-6,9H2,1-2H3;3-4,6,8,12,15H,2,5,7H2,1H3;2-3,6,10,13-15H,4-5H2,1H3;2*1-2H3. The second-order valence-electron chi connectivity index (χ2n) is 12.6. The van der Waals surface area contributed by atoms with E-state index in [9.17, 15) is 22.7 Å². The van der Waals surface area contributed by atoms with Gasteiger partial charge in [0.1, 0.15) is 28.6 Å². The zero-order valence-electron chi connectivity index (χ0n) is 31.4. The number of benzene rings is 3. The summed E-state index contributed by atoms with van der Waals surface area (Å²) >= 11 is 4.22.